The molecule has 2 aromatic heterocycles. The Balaban J connectivity index is 1.97. The average Bonchev–Trinajstić information content (AvgIpc) is 2.99. The lowest BCUT2D eigenvalue weighted by Gasteiger charge is -2.33. The molecule has 8 heteroatoms. The zero-order valence-corrected chi connectivity index (χ0v) is 17.7. The minimum absolute atomic E-state index is 0.128. The van der Waals surface area contributed by atoms with E-state index in [1.54, 1.807) is 19.0 Å². The van der Waals surface area contributed by atoms with Gasteiger partial charge in [-0.2, -0.15) is 0 Å². The summed E-state index contributed by atoms with van der Waals surface area (Å²) in [6.45, 7) is 6.04. The lowest BCUT2D eigenvalue weighted by molar-refractivity contribution is -0.130. The number of carbonyl (C=O) groups is 1. The van der Waals surface area contributed by atoms with Gasteiger partial charge >= 0.3 is 0 Å². The van der Waals surface area contributed by atoms with Gasteiger partial charge in [-0.1, -0.05) is 5.16 Å². The normalized spacial score (nSPS) is 17.6. The predicted molar refractivity (Wildman–Crippen MR) is 108 cm³/mol. The van der Waals surface area contributed by atoms with Crippen LogP contribution in [0.3, 0.4) is 0 Å². The molecular formula is C20H30N6O2. The van der Waals surface area contributed by atoms with Crippen molar-refractivity contribution in [2.24, 2.45) is 0 Å². The third-order valence-corrected chi connectivity index (χ3v) is 5.26. The molecule has 1 aliphatic heterocycles. The number of likely N-dealkylation sites (tertiary alicyclic amines) is 1. The second-order valence-corrected chi connectivity index (χ2v) is 7.92. The van der Waals surface area contributed by atoms with E-state index in [2.05, 4.69) is 15.0 Å². The van der Waals surface area contributed by atoms with E-state index in [0.717, 1.165) is 54.2 Å². The first kappa shape index (κ1) is 20.3. The minimum Gasteiger partial charge on any atom is -0.361 e. The molecule has 0 radical (unpaired) electrons. The van der Waals surface area contributed by atoms with Gasteiger partial charge in [0, 0.05) is 52.4 Å². The van der Waals surface area contributed by atoms with E-state index in [4.69, 9.17) is 9.51 Å². The fourth-order valence-corrected chi connectivity index (χ4v) is 3.73. The van der Waals surface area contributed by atoms with Gasteiger partial charge in [0.2, 0.25) is 11.9 Å². The molecule has 0 saturated carbocycles. The molecule has 0 bridgehead atoms. The van der Waals surface area contributed by atoms with Gasteiger partial charge in [-0.05, 0) is 33.2 Å². The zero-order valence-electron chi connectivity index (χ0n) is 17.7. The van der Waals surface area contributed by atoms with Crippen LogP contribution in [-0.4, -0.2) is 78.7 Å². The lowest BCUT2D eigenvalue weighted by Crippen LogP contribution is -2.41. The minimum atomic E-state index is 0.128. The van der Waals surface area contributed by atoms with Crippen molar-refractivity contribution >= 4 is 11.9 Å². The topological polar surface area (TPSA) is 78.6 Å². The SMILES string of the molecule is Cc1noc(C)c1-c1cnc(N(C)C)nc1[C@@H]1CCCN(CC(=O)N(C)C)C1. The van der Waals surface area contributed by atoms with E-state index in [1.165, 1.54) is 0 Å². The maximum atomic E-state index is 12.2. The van der Waals surface area contributed by atoms with Gasteiger partial charge in [-0.15, -0.1) is 0 Å². The van der Waals surface area contributed by atoms with Gasteiger partial charge < -0.3 is 14.3 Å². The molecule has 1 fully saturated rings. The Morgan fingerprint density at radius 1 is 1.29 bits per heavy atom. The molecule has 3 rings (SSSR count). The van der Waals surface area contributed by atoms with Crippen molar-refractivity contribution in [3.63, 3.8) is 0 Å². The van der Waals surface area contributed by atoms with Gasteiger partial charge in [0.05, 0.1) is 23.5 Å². The van der Waals surface area contributed by atoms with Crippen molar-refractivity contribution in [2.45, 2.75) is 32.6 Å². The van der Waals surface area contributed by atoms with Crippen LogP contribution in [0, 0.1) is 13.8 Å². The quantitative estimate of drug-likeness (QED) is 0.778. The number of aromatic nitrogens is 3. The van der Waals surface area contributed by atoms with Crippen LogP contribution in [0.1, 0.15) is 35.9 Å². The smallest absolute Gasteiger partial charge is 0.236 e. The number of likely N-dealkylation sites (N-methyl/N-ethyl adjacent to an activating group) is 1. The van der Waals surface area contributed by atoms with E-state index in [9.17, 15) is 4.79 Å². The predicted octanol–water partition coefficient (Wildman–Crippen LogP) is 2.08. The highest BCUT2D eigenvalue weighted by Crippen LogP contribution is 2.36. The summed E-state index contributed by atoms with van der Waals surface area (Å²) in [7, 11) is 7.48. The summed E-state index contributed by atoms with van der Waals surface area (Å²) in [5.41, 5.74) is 3.81. The number of aryl methyl sites for hydroxylation is 2. The fourth-order valence-electron chi connectivity index (χ4n) is 3.73. The van der Waals surface area contributed by atoms with Crippen LogP contribution in [0.25, 0.3) is 11.1 Å². The summed E-state index contributed by atoms with van der Waals surface area (Å²) < 4.78 is 5.39. The fraction of sp³-hybridized carbons (Fsp3) is 0.600. The summed E-state index contributed by atoms with van der Waals surface area (Å²) in [6, 6.07) is 0. The van der Waals surface area contributed by atoms with Crippen LogP contribution < -0.4 is 4.90 Å². The number of nitrogens with zero attached hydrogens (tertiary/aromatic N) is 6. The highest BCUT2D eigenvalue weighted by Gasteiger charge is 2.28. The van der Waals surface area contributed by atoms with Crippen LogP contribution in [0.4, 0.5) is 5.95 Å². The molecule has 0 N–H and O–H groups in total. The second kappa shape index (κ2) is 8.26. The molecule has 1 atom stereocenters. The van der Waals surface area contributed by atoms with E-state index < -0.39 is 0 Å². The molecule has 1 aliphatic rings. The monoisotopic (exact) mass is 386 g/mol. The van der Waals surface area contributed by atoms with Crippen LogP contribution >= 0.6 is 0 Å². The molecule has 0 unspecified atom stereocenters. The van der Waals surface area contributed by atoms with Crippen LogP contribution in [0.2, 0.25) is 0 Å². The molecule has 0 aromatic carbocycles. The Morgan fingerprint density at radius 2 is 2.04 bits per heavy atom. The zero-order chi connectivity index (χ0) is 20.4. The van der Waals surface area contributed by atoms with Crippen molar-refractivity contribution in [3.8, 4) is 11.1 Å². The van der Waals surface area contributed by atoms with E-state index >= 15 is 0 Å². The summed E-state index contributed by atoms with van der Waals surface area (Å²) in [5.74, 6) is 1.82. The molecular weight excluding hydrogens is 356 g/mol. The van der Waals surface area contributed by atoms with Crippen molar-refractivity contribution < 1.29 is 9.32 Å². The number of anilines is 1. The molecule has 1 amide bonds. The first-order chi connectivity index (χ1) is 13.3. The number of amides is 1. The molecule has 0 aliphatic carbocycles. The highest BCUT2D eigenvalue weighted by molar-refractivity contribution is 5.77. The van der Waals surface area contributed by atoms with Gasteiger partial charge in [-0.3, -0.25) is 9.69 Å². The molecule has 1 saturated heterocycles. The van der Waals surface area contributed by atoms with E-state index in [1.807, 2.05) is 39.0 Å². The summed E-state index contributed by atoms with van der Waals surface area (Å²) in [4.78, 5) is 27.4. The van der Waals surface area contributed by atoms with E-state index in [0.29, 0.717) is 12.5 Å². The molecule has 2 aromatic rings. The molecule has 0 spiro atoms. The summed E-state index contributed by atoms with van der Waals surface area (Å²) in [6.07, 6.45) is 3.95. The second-order valence-electron chi connectivity index (χ2n) is 7.92. The Kier molecular flexibility index (Phi) is 5.98. The highest BCUT2D eigenvalue weighted by atomic mass is 16.5. The van der Waals surface area contributed by atoms with Gasteiger partial charge in [0.15, 0.2) is 0 Å². The molecule has 3 heterocycles. The van der Waals surface area contributed by atoms with Crippen molar-refractivity contribution in [1.82, 2.24) is 24.9 Å². The first-order valence-electron chi connectivity index (χ1n) is 9.68. The Bertz CT molecular complexity index is 826. The number of rotatable bonds is 5. The van der Waals surface area contributed by atoms with Crippen molar-refractivity contribution in [2.75, 3.05) is 52.7 Å². The largest absolute Gasteiger partial charge is 0.361 e. The number of hydrogen-bond acceptors (Lipinski definition) is 7. The Morgan fingerprint density at radius 3 is 2.64 bits per heavy atom. The number of carbonyl (C=O) groups excluding carboxylic acids is 1. The van der Waals surface area contributed by atoms with E-state index in [-0.39, 0.29) is 11.8 Å². The summed E-state index contributed by atoms with van der Waals surface area (Å²) >= 11 is 0. The number of hydrogen-bond donors (Lipinski definition) is 0. The maximum Gasteiger partial charge on any atom is 0.236 e. The van der Waals surface area contributed by atoms with Gasteiger partial charge in [-0.25, -0.2) is 9.97 Å². The Labute approximate surface area is 166 Å². The Hall–Kier alpha value is -2.48. The first-order valence-corrected chi connectivity index (χ1v) is 9.68. The average molecular weight is 387 g/mol. The third kappa shape index (κ3) is 4.16. The lowest BCUT2D eigenvalue weighted by atomic mass is 9.89. The third-order valence-electron chi connectivity index (χ3n) is 5.26. The number of piperidine rings is 1. The van der Waals surface area contributed by atoms with Crippen molar-refractivity contribution in [3.05, 3.63) is 23.3 Å². The summed E-state index contributed by atoms with van der Waals surface area (Å²) in [5, 5.41) is 4.11. The van der Waals surface area contributed by atoms with Gasteiger partial charge in [0.1, 0.15) is 5.76 Å². The molecule has 28 heavy (non-hydrogen) atoms. The molecule has 8 nitrogen and oxygen atoms in total. The molecule has 152 valence electrons. The van der Waals surface area contributed by atoms with Crippen LogP contribution in [0.5, 0.6) is 0 Å². The van der Waals surface area contributed by atoms with Gasteiger partial charge in [0.25, 0.3) is 0 Å². The standard InChI is InChI=1S/C20H30N6O2/c1-13-18(14(2)28-23-13)16-10-21-20(25(5)6)22-19(16)15-8-7-9-26(11-15)12-17(27)24(3)4/h10,15H,7-9,11-12H2,1-6H3/t15-/m1/s1. The van der Waals surface area contributed by atoms with Crippen LogP contribution in [0.15, 0.2) is 10.7 Å². The maximum absolute atomic E-state index is 12.2. The van der Waals surface area contributed by atoms with Crippen molar-refractivity contribution in [1.29, 1.82) is 0 Å². The van der Waals surface area contributed by atoms with Crippen LogP contribution in [-0.2, 0) is 4.79 Å².